The van der Waals surface area contributed by atoms with Crippen LogP contribution in [0.15, 0.2) is 66.5 Å². The number of rotatable bonds is 5. The molecule has 4 heteroatoms. The van der Waals surface area contributed by atoms with Gasteiger partial charge in [0.25, 0.3) is 0 Å². The standard InChI is InChI=1S/C25H26N2O2/c1-16(2)19-10-8-18(9-11-19)14-17(3)23-22(25(28)29)15-20-6-4-5-7-21(20)24-26-12-13-27(23)24/h4-13,15-17,23H,14H2,1-3H3,(H,28,29)/t17-,23+/m0/s1. The zero-order valence-corrected chi connectivity index (χ0v) is 17.0. The fourth-order valence-corrected chi connectivity index (χ4v) is 4.27. The lowest BCUT2D eigenvalue weighted by Crippen LogP contribution is -2.24. The minimum Gasteiger partial charge on any atom is -0.478 e. The first-order valence-corrected chi connectivity index (χ1v) is 10.1. The van der Waals surface area contributed by atoms with E-state index in [2.05, 4.69) is 50.0 Å². The van der Waals surface area contributed by atoms with Crippen LogP contribution in [-0.4, -0.2) is 20.6 Å². The first-order chi connectivity index (χ1) is 14.0. The number of benzene rings is 2. The summed E-state index contributed by atoms with van der Waals surface area (Å²) in [5.41, 5.74) is 4.80. The van der Waals surface area contributed by atoms with Crippen LogP contribution in [0.5, 0.6) is 0 Å². The second-order valence-electron chi connectivity index (χ2n) is 8.17. The second kappa shape index (κ2) is 7.70. The van der Waals surface area contributed by atoms with E-state index in [-0.39, 0.29) is 12.0 Å². The molecule has 148 valence electrons. The lowest BCUT2D eigenvalue weighted by molar-refractivity contribution is -0.133. The van der Waals surface area contributed by atoms with Gasteiger partial charge in [-0.15, -0.1) is 0 Å². The van der Waals surface area contributed by atoms with Crippen molar-refractivity contribution in [2.75, 3.05) is 0 Å². The van der Waals surface area contributed by atoms with Crippen LogP contribution in [-0.2, 0) is 11.2 Å². The molecular weight excluding hydrogens is 360 g/mol. The molecular formula is C25H26N2O2. The molecule has 1 aliphatic rings. The monoisotopic (exact) mass is 386 g/mol. The van der Waals surface area contributed by atoms with E-state index < -0.39 is 5.97 Å². The number of carboxylic acid groups (broad SMARTS) is 1. The third kappa shape index (κ3) is 3.63. The number of hydrogen-bond acceptors (Lipinski definition) is 2. The topological polar surface area (TPSA) is 55.1 Å². The van der Waals surface area contributed by atoms with Gasteiger partial charge in [0.05, 0.1) is 11.6 Å². The Bertz CT molecular complexity index is 1060. The van der Waals surface area contributed by atoms with Gasteiger partial charge < -0.3 is 9.67 Å². The van der Waals surface area contributed by atoms with E-state index in [0.29, 0.717) is 11.5 Å². The molecule has 0 amide bonds. The van der Waals surface area contributed by atoms with Crippen molar-refractivity contribution < 1.29 is 9.90 Å². The van der Waals surface area contributed by atoms with Crippen LogP contribution in [0, 0.1) is 5.92 Å². The highest BCUT2D eigenvalue weighted by Gasteiger charge is 2.32. The number of aromatic nitrogens is 2. The maximum absolute atomic E-state index is 12.2. The van der Waals surface area contributed by atoms with E-state index in [1.165, 1.54) is 11.1 Å². The zero-order chi connectivity index (χ0) is 20.5. The van der Waals surface area contributed by atoms with Gasteiger partial charge in [0, 0.05) is 18.0 Å². The van der Waals surface area contributed by atoms with Crippen molar-refractivity contribution in [3.8, 4) is 11.4 Å². The molecule has 29 heavy (non-hydrogen) atoms. The molecule has 3 aromatic rings. The lowest BCUT2D eigenvalue weighted by atomic mass is 9.87. The molecule has 0 fully saturated rings. The van der Waals surface area contributed by atoms with E-state index in [1.807, 2.05) is 41.1 Å². The van der Waals surface area contributed by atoms with E-state index >= 15 is 0 Å². The number of imidazole rings is 1. The molecule has 0 spiro atoms. The smallest absolute Gasteiger partial charge is 0.333 e. The molecule has 4 rings (SSSR count). The van der Waals surface area contributed by atoms with Crippen molar-refractivity contribution in [2.24, 2.45) is 5.92 Å². The highest BCUT2D eigenvalue weighted by Crippen LogP contribution is 2.39. The van der Waals surface area contributed by atoms with E-state index in [0.717, 1.165) is 23.4 Å². The van der Waals surface area contributed by atoms with Crippen LogP contribution < -0.4 is 0 Å². The van der Waals surface area contributed by atoms with Gasteiger partial charge in [0.2, 0.25) is 0 Å². The average molecular weight is 386 g/mol. The Morgan fingerprint density at radius 3 is 2.52 bits per heavy atom. The first kappa shape index (κ1) is 19.2. The second-order valence-corrected chi connectivity index (χ2v) is 8.17. The Labute approximate surface area is 171 Å². The van der Waals surface area contributed by atoms with Crippen molar-refractivity contribution >= 4 is 12.0 Å². The van der Waals surface area contributed by atoms with Crippen LogP contribution >= 0.6 is 0 Å². The molecule has 1 aliphatic heterocycles. The summed E-state index contributed by atoms with van der Waals surface area (Å²) < 4.78 is 2.03. The summed E-state index contributed by atoms with van der Waals surface area (Å²) in [6.45, 7) is 6.49. The molecule has 4 nitrogen and oxygen atoms in total. The highest BCUT2D eigenvalue weighted by atomic mass is 16.4. The average Bonchev–Trinajstić information content (AvgIpc) is 3.12. The Morgan fingerprint density at radius 1 is 1.10 bits per heavy atom. The molecule has 2 heterocycles. The van der Waals surface area contributed by atoms with E-state index in [1.54, 1.807) is 6.20 Å². The quantitative estimate of drug-likeness (QED) is 0.623. The minimum absolute atomic E-state index is 0.0875. The molecule has 2 atom stereocenters. The number of fused-ring (bicyclic) bond motifs is 3. The van der Waals surface area contributed by atoms with Gasteiger partial charge in [0.1, 0.15) is 5.82 Å². The molecule has 0 bridgehead atoms. The SMILES string of the molecule is CC(C)c1ccc(C[C@H](C)[C@@H]2C(C(=O)O)=Cc3ccccc3-c3nccn32)cc1. The Balaban J connectivity index is 1.74. The van der Waals surface area contributed by atoms with Crippen LogP contribution in [0.3, 0.4) is 0 Å². The number of nitrogens with zero attached hydrogens (tertiary/aromatic N) is 2. The predicted octanol–water partition coefficient (Wildman–Crippen LogP) is 5.58. The third-order valence-electron chi connectivity index (χ3n) is 5.79. The van der Waals surface area contributed by atoms with Gasteiger partial charge in [-0.1, -0.05) is 69.3 Å². The summed E-state index contributed by atoms with van der Waals surface area (Å²) >= 11 is 0. The van der Waals surface area contributed by atoms with Gasteiger partial charge in [-0.05, 0) is 41.0 Å². The Hall–Kier alpha value is -3.14. The van der Waals surface area contributed by atoms with Crippen LogP contribution in [0.2, 0.25) is 0 Å². The fraction of sp³-hybridized carbons (Fsp3) is 0.280. The van der Waals surface area contributed by atoms with Crippen LogP contribution in [0.25, 0.3) is 17.5 Å². The van der Waals surface area contributed by atoms with Gasteiger partial charge in [0.15, 0.2) is 0 Å². The lowest BCUT2D eigenvalue weighted by Gasteiger charge is -2.27. The van der Waals surface area contributed by atoms with Crippen LogP contribution in [0.1, 0.15) is 49.4 Å². The van der Waals surface area contributed by atoms with Gasteiger partial charge in [-0.2, -0.15) is 0 Å². The Morgan fingerprint density at radius 2 is 1.83 bits per heavy atom. The number of carbonyl (C=O) groups is 1. The maximum atomic E-state index is 12.2. The highest BCUT2D eigenvalue weighted by molar-refractivity contribution is 5.95. The number of hydrogen-bond donors (Lipinski definition) is 1. The zero-order valence-electron chi connectivity index (χ0n) is 17.0. The minimum atomic E-state index is -0.881. The fourth-order valence-electron chi connectivity index (χ4n) is 4.27. The number of aliphatic carboxylic acids is 1. The largest absolute Gasteiger partial charge is 0.478 e. The Kier molecular flexibility index (Phi) is 5.10. The normalized spacial score (nSPS) is 16.6. The van der Waals surface area contributed by atoms with Crippen molar-refractivity contribution in [1.82, 2.24) is 9.55 Å². The van der Waals surface area contributed by atoms with Crippen molar-refractivity contribution in [3.63, 3.8) is 0 Å². The molecule has 0 aliphatic carbocycles. The summed E-state index contributed by atoms with van der Waals surface area (Å²) in [6.07, 6.45) is 6.27. The molecule has 0 saturated carbocycles. The molecule has 0 saturated heterocycles. The molecule has 1 N–H and O–H groups in total. The van der Waals surface area contributed by atoms with Crippen molar-refractivity contribution in [3.05, 3.63) is 83.2 Å². The summed E-state index contributed by atoms with van der Waals surface area (Å²) in [5, 5.41) is 10.0. The van der Waals surface area contributed by atoms with Gasteiger partial charge in [-0.3, -0.25) is 0 Å². The predicted molar refractivity (Wildman–Crippen MR) is 116 cm³/mol. The van der Waals surface area contributed by atoms with Crippen LogP contribution in [0.4, 0.5) is 0 Å². The summed E-state index contributed by atoms with van der Waals surface area (Å²) in [5.74, 6) is 0.523. The van der Waals surface area contributed by atoms with Gasteiger partial charge in [-0.25, -0.2) is 9.78 Å². The molecule has 2 aromatic carbocycles. The van der Waals surface area contributed by atoms with Crippen molar-refractivity contribution in [1.29, 1.82) is 0 Å². The van der Waals surface area contributed by atoms with Crippen molar-refractivity contribution in [2.45, 2.75) is 39.2 Å². The summed E-state index contributed by atoms with van der Waals surface area (Å²) in [4.78, 5) is 16.8. The molecule has 0 radical (unpaired) electrons. The summed E-state index contributed by atoms with van der Waals surface area (Å²) in [7, 11) is 0. The molecule has 1 aromatic heterocycles. The molecule has 0 unspecified atom stereocenters. The first-order valence-electron chi connectivity index (χ1n) is 10.1. The van der Waals surface area contributed by atoms with E-state index in [4.69, 9.17) is 0 Å². The number of carboxylic acids is 1. The third-order valence-corrected chi connectivity index (χ3v) is 5.79. The van der Waals surface area contributed by atoms with E-state index in [9.17, 15) is 9.90 Å². The summed E-state index contributed by atoms with van der Waals surface area (Å²) in [6, 6.07) is 16.2. The van der Waals surface area contributed by atoms with Gasteiger partial charge >= 0.3 is 5.97 Å². The maximum Gasteiger partial charge on any atom is 0.333 e.